The van der Waals surface area contributed by atoms with E-state index < -0.39 is 17.5 Å². The van der Waals surface area contributed by atoms with E-state index in [2.05, 4.69) is 5.32 Å². The number of amides is 1. The second-order valence-electron chi connectivity index (χ2n) is 4.04. The number of carbonyl (C=O) groups is 1. The average Bonchev–Trinajstić information content (AvgIpc) is 2.44. The first-order chi connectivity index (χ1) is 9.95. The molecule has 0 atom stereocenters. The number of hydrogen-bond acceptors (Lipinski definition) is 2. The first-order valence-electron chi connectivity index (χ1n) is 5.78. The van der Waals surface area contributed by atoms with E-state index in [0.29, 0.717) is 10.6 Å². The molecule has 0 heterocycles. The number of halogens is 4. The van der Waals surface area contributed by atoms with Crippen molar-refractivity contribution in [1.29, 1.82) is 0 Å². The second kappa shape index (κ2) is 6.87. The molecule has 0 fully saturated rings. The van der Waals surface area contributed by atoms with Crippen LogP contribution in [-0.4, -0.2) is 11.7 Å². The van der Waals surface area contributed by atoms with Crippen LogP contribution in [0.1, 0.15) is 0 Å². The Morgan fingerprint density at radius 3 is 2.43 bits per heavy atom. The van der Waals surface area contributed by atoms with Crippen molar-refractivity contribution in [3.63, 3.8) is 0 Å². The van der Waals surface area contributed by atoms with E-state index in [0.717, 1.165) is 30.0 Å². The van der Waals surface area contributed by atoms with Crippen molar-refractivity contribution in [2.75, 3.05) is 11.1 Å². The van der Waals surface area contributed by atoms with Crippen LogP contribution in [0.3, 0.4) is 0 Å². The van der Waals surface area contributed by atoms with Gasteiger partial charge in [-0.2, -0.15) is 0 Å². The molecule has 2 aromatic rings. The van der Waals surface area contributed by atoms with Gasteiger partial charge >= 0.3 is 0 Å². The van der Waals surface area contributed by atoms with Crippen molar-refractivity contribution in [2.24, 2.45) is 0 Å². The van der Waals surface area contributed by atoms with Crippen molar-refractivity contribution in [3.8, 4) is 0 Å². The van der Waals surface area contributed by atoms with Crippen LogP contribution < -0.4 is 5.32 Å². The Balaban J connectivity index is 1.92. The molecule has 1 N–H and O–H groups in total. The Labute approximate surface area is 128 Å². The summed E-state index contributed by atoms with van der Waals surface area (Å²) >= 11 is 6.65. The molecule has 0 unspecified atom stereocenters. The van der Waals surface area contributed by atoms with E-state index in [9.17, 15) is 18.0 Å². The normalized spacial score (nSPS) is 10.5. The minimum absolute atomic E-state index is 0.0000673. The van der Waals surface area contributed by atoms with Gasteiger partial charge in [-0.25, -0.2) is 13.2 Å². The van der Waals surface area contributed by atoms with Gasteiger partial charge in [0, 0.05) is 10.6 Å². The van der Waals surface area contributed by atoms with Crippen LogP contribution in [0.25, 0.3) is 0 Å². The molecule has 2 aromatic carbocycles. The maximum absolute atomic E-state index is 13.0. The van der Waals surface area contributed by atoms with Crippen LogP contribution in [0.5, 0.6) is 0 Å². The van der Waals surface area contributed by atoms with Crippen LogP contribution in [0.2, 0.25) is 5.02 Å². The van der Waals surface area contributed by atoms with Gasteiger partial charge in [-0.15, -0.1) is 11.8 Å². The second-order valence-corrected chi connectivity index (χ2v) is 5.50. The lowest BCUT2D eigenvalue weighted by atomic mass is 10.3. The summed E-state index contributed by atoms with van der Waals surface area (Å²) in [6.45, 7) is 0. The summed E-state index contributed by atoms with van der Waals surface area (Å²) in [5, 5.41) is 2.43. The van der Waals surface area contributed by atoms with E-state index in [4.69, 9.17) is 11.6 Å². The van der Waals surface area contributed by atoms with Crippen molar-refractivity contribution in [1.82, 2.24) is 0 Å². The summed E-state index contributed by atoms with van der Waals surface area (Å²) in [7, 11) is 0. The first-order valence-corrected chi connectivity index (χ1v) is 7.15. The Morgan fingerprint density at radius 2 is 1.76 bits per heavy atom. The molecule has 1 amide bonds. The Hall–Kier alpha value is -1.66. The van der Waals surface area contributed by atoms with E-state index in [-0.39, 0.29) is 16.7 Å². The van der Waals surface area contributed by atoms with Crippen molar-refractivity contribution in [2.45, 2.75) is 4.90 Å². The maximum atomic E-state index is 13.0. The summed E-state index contributed by atoms with van der Waals surface area (Å²) in [5.74, 6) is -2.85. The summed E-state index contributed by atoms with van der Waals surface area (Å²) < 4.78 is 38.7. The highest BCUT2D eigenvalue weighted by molar-refractivity contribution is 8.00. The molecule has 0 saturated heterocycles. The lowest BCUT2D eigenvalue weighted by Gasteiger charge is -2.06. The highest BCUT2D eigenvalue weighted by atomic mass is 35.5. The number of benzene rings is 2. The van der Waals surface area contributed by atoms with E-state index in [1.807, 2.05) is 0 Å². The SMILES string of the molecule is O=C(CSc1ccc(F)c(F)c1)Nc1ccc(F)c(Cl)c1. The monoisotopic (exact) mass is 331 g/mol. The van der Waals surface area contributed by atoms with Crippen LogP contribution in [0.15, 0.2) is 41.3 Å². The molecule has 0 aliphatic heterocycles. The molecule has 0 aliphatic carbocycles. The third kappa shape index (κ3) is 4.41. The number of hydrogen-bond donors (Lipinski definition) is 1. The standard InChI is InChI=1S/C14H9ClF3NOS/c15-10-5-8(1-3-11(10)16)19-14(20)7-21-9-2-4-12(17)13(18)6-9/h1-6H,7H2,(H,19,20). The number of carbonyl (C=O) groups excluding carboxylic acids is 1. The molecule has 21 heavy (non-hydrogen) atoms. The molecule has 0 bridgehead atoms. The van der Waals surface area contributed by atoms with Crippen molar-refractivity contribution in [3.05, 3.63) is 58.9 Å². The molecule has 110 valence electrons. The molecule has 0 spiro atoms. The number of rotatable bonds is 4. The van der Waals surface area contributed by atoms with E-state index >= 15 is 0 Å². The van der Waals surface area contributed by atoms with E-state index in [1.165, 1.54) is 18.2 Å². The smallest absolute Gasteiger partial charge is 0.234 e. The molecular formula is C14H9ClF3NOS. The third-order valence-electron chi connectivity index (χ3n) is 2.46. The molecule has 2 nitrogen and oxygen atoms in total. The number of anilines is 1. The zero-order valence-electron chi connectivity index (χ0n) is 10.5. The highest BCUT2D eigenvalue weighted by Gasteiger charge is 2.08. The maximum Gasteiger partial charge on any atom is 0.234 e. The van der Waals surface area contributed by atoms with Crippen molar-refractivity contribution < 1.29 is 18.0 Å². The van der Waals surface area contributed by atoms with Crippen molar-refractivity contribution >= 4 is 35.0 Å². The van der Waals surface area contributed by atoms with Gasteiger partial charge in [-0.1, -0.05) is 11.6 Å². The van der Waals surface area contributed by atoms with Crippen LogP contribution >= 0.6 is 23.4 Å². The largest absolute Gasteiger partial charge is 0.325 e. The fourth-order valence-corrected chi connectivity index (χ4v) is 2.39. The summed E-state index contributed by atoms with van der Waals surface area (Å²) in [6, 6.07) is 7.20. The molecule has 0 saturated carbocycles. The fraction of sp³-hybridized carbons (Fsp3) is 0.0714. The van der Waals surface area contributed by atoms with Gasteiger partial charge in [0.05, 0.1) is 10.8 Å². The van der Waals surface area contributed by atoms with Gasteiger partial charge in [0.15, 0.2) is 11.6 Å². The minimum atomic E-state index is -0.967. The molecular weight excluding hydrogens is 323 g/mol. The zero-order valence-corrected chi connectivity index (χ0v) is 12.1. The quantitative estimate of drug-likeness (QED) is 0.836. The molecule has 0 aromatic heterocycles. The third-order valence-corrected chi connectivity index (χ3v) is 3.75. The summed E-state index contributed by atoms with van der Waals surface area (Å²) in [4.78, 5) is 12.1. The molecule has 0 radical (unpaired) electrons. The lowest BCUT2D eigenvalue weighted by molar-refractivity contribution is -0.113. The molecule has 0 aliphatic rings. The van der Waals surface area contributed by atoms with Gasteiger partial charge in [0.25, 0.3) is 0 Å². The molecule has 7 heteroatoms. The minimum Gasteiger partial charge on any atom is -0.325 e. The Morgan fingerprint density at radius 1 is 1.05 bits per heavy atom. The van der Waals surface area contributed by atoms with Crippen LogP contribution in [0.4, 0.5) is 18.9 Å². The zero-order chi connectivity index (χ0) is 15.4. The summed E-state index contributed by atoms with van der Waals surface area (Å²) in [5.41, 5.74) is 0.359. The summed E-state index contributed by atoms with van der Waals surface area (Å²) in [6.07, 6.45) is 0. The fourth-order valence-electron chi connectivity index (χ4n) is 1.49. The topological polar surface area (TPSA) is 29.1 Å². The predicted octanol–water partition coefficient (Wildman–Crippen LogP) is 4.49. The average molecular weight is 332 g/mol. The van der Waals surface area contributed by atoms with Gasteiger partial charge < -0.3 is 5.32 Å². The van der Waals surface area contributed by atoms with Gasteiger partial charge in [-0.05, 0) is 36.4 Å². The number of nitrogens with one attached hydrogen (secondary N) is 1. The lowest BCUT2D eigenvalue weighted by Crippen LogP contribution is -2.14. The Bertz CT molecular complexity index is 681. The highest BCUT2D eigenvalue weighted by Crippen LogP contribution is 2.22. The van der Waals surface area contributed by atoms with Crippen LogP contribution in [-0.2, 0) is 4.79 Å². The van der Waals surface area contributed by atoms with E-state index in [1.54, 1.807) is 0 Å². The Kier molecular flexibility index (Phi) is 5.14. The van der Waals surface area contributed by atoms with Gasteiger partial charge in [-0.3, -0.25) is 4.79 Å². The number of thioether (sulfide) groups is 1. The predicted molar refractivity (Wildman–Crippen MR) is 77.1 cm³/mol. The molecule has 2 rings (SSSR count). The van der Waals surface area contributed by atoms with Crippen LogP contribution in [0, 0.1) is 17.5 Å². The van der Waals surface area contributed by atoms with Gasteiger partial charge in [0.2, 0.25) is 5.91 Å². The first kappa shape index (κ1) is 15.7. The van der Waals surface area contributed by atoms with Gasteiger partial charge in [0.1, 0.15) is 5.82 Å².